The molecule has 0 aromatic heterocycles. The second-order valence-corrected chi connectivity index (χ2v) is 1.22. The van der Waals surface area contributed by atoms with Gasteiger partial charge in [0, 0.05) is 10.4 Å². The maximum atomic E-state index is 8.52. The van der Waals surface area contributed by atoms with Crippen molar-refractivity contribution in [2.75, 3.05) is 0 Å². The minimum Gasteiger partial charge on any atom is -0.870 e. The van der Waals surface area contributed by atoms with Crippen LogP contribution in [0.3, 0.4) is 0 Å². The fourth-order valence-corrected chi connectivity index (χ4v) is 0. The molecule has 0 aliphatic rings. The van der Waals surface area contributed by atoms with Gasteiger partial charge in [-0.25, -0.2) is 0 Å². The van der Waals surface area contributed by atoms with Gasteiger partial charge in [-0.2, -0.15) is 0 Å². The van der Waals surface area contributed by atoms with Gasteiger partial charge in [0.25, 0.3) is 0 Å². The number of hydrogen-bond donors (Lipinski definition) is 0. The Labute approximate surface area is 84.6 Å². The summed E-state index contributed by atoms with van der Waals surface area (Å²) in [5.41, 5.74) is 0. The van der Waals surface area contributed by atoms with Gasteiger partial charge in [0.05, 0.1) is 0 Å². The van der Waals surface area contributed by atoms with Gasteiger partial charge in [-0.05, 0) is 0 Å². The molecule has 0 bridgehead atoms. The van der Waals surface area contributed by atoms with Crippen LogP contribution in [-0.2, 0) is 44.5 Å². The maximum Gasteiger partial charge on any atom is 3.00 e. The first-order valence-electron chi connectivity index (χ1n) is 0.667. The molecule has 5 nitrogen and oxygen atoms in total. The molecule has 1 radical (unpaired) electrons. The van der Waals surface area contributed by atoms with Crippen LogP contribution in [0.25, 0.3) is 0 Å². The summed E-state index contributed by atoms with van der Waals surface area (Å²) in [7, 11) is -5.17. The number of hydrogen-bond acceptors (Lipinski definition) is 5. The third-order valence-corrected chi connectivity index (χ3v) is 0. The topological polar surface area (TPSA) is 110 Å². The van der Waals surface area contributed by atoms with Crippen LogP contribution in [0.15, 0.2) is 0 Å². The zero-order chi connectivity index (χ0) is 4.50. The molecule has 9 heteroatoms. The van der Waals surface area contributed by atoms with Gasteiger partial charge in [-0.3, -0.25) is 8.42 Å². The fraction of sp³-hybridized carbons (Fsp3) is 0. The van der Waals surface area contributed by atoms with E-state index in [2.05, 4.69) is 0 Å². The molecule has 0 rings (SSSR count). The van der Waals surface area contributed by atoms with Crippen molar-refractivity contribution in [1.29, 1.82) is 0 Å². The molecule has 0 aliphatic carbocycles. The summed E-state index contributed by atoms with van der Waals surface area (Å²) in [5.74, 6) is 0. The quantitative estimate of drug-likeness (QED) is 0.287. The Morgan fingerprint density at radius 2 is 1.11 bits per heavy atom. The summed E-state index contributed by atoms with van der Waals surface area (Å²) in [4.78, 5) is 0. The van der Waals surface area contributed by atoms with E-state index in [0.29, 0.717) is 0 Å². The molecule has 0 aliphatic heterocycles. The molecule has 0 unspecified atom stereocenters. The predicted octanol–water partition coefficient (Wildman–Crippen LogP) is -1.90. The summed E-state index contributed by atoms with van der Waals surface area (Å²) in [5, 5.41) is 0. The first kappa shape index (κ1) is 31.5. The van der Waals surface area contributed by atoms with Crippen molar-refractivity contribution >= 4 is 27.8 Å². The van der Waals surface area contributed by atoms with Crippen LogP contribution in [0, 0.1) is 0 Å². The van der Waals surface area contributed by atoms with Gasteiger partial charge >= 0.3 is 51.5 Å². The van der Waals surface area contributed by atoms with E-state index in [0.717, 1.165) is 0 Å². The minimum absolute atomic E-state index is 0. The fourth-order valence-electron chi connectivity index (χ4n) is 0. The normalized spacial score (nSPS) is 6.44. The van der Waals surface area contributed by atoms with Crippen molar-refractivity contribution in [1.82, 2.24) is 0 Å². The van der Waals surface area contributed by atoms with Crippen molar-refractivity contribution in [3.8, 4) is 0 Å². The van der Waals surface area contributed by atoms with Gasteiger partial charge < -0.3 is 14.6 Å². The van der Waals surface area contributed by atoms with Crippen molar-refractivity contribution in [3.05, 3.63) is 0 Å². The molecule has 0 aromatic rings. The SMILES string of the molecule is O=S(=O)([O-])[O-].[Al+3].[Cu+2].[Fe+2].[OH-]. The molecule has 9 heavy (non-hydrogen) atoms. The van der Waals surface area contributed by atoms with E-state index in [1.54, 1.807) is 0 Å². The molecule has 1 N–H and O–H groups in total. The molecule has 0 aromatic carbocycles. The van der Waals surface area contributed by atoms with Gasteiger partial charge in [-0.15, -0.1) is 0 Å². The van der Waals surface area contributed by atoms with Crippen LogP contribution < -0.4 is 0 Å². The molecule has 0 heterocycles. The van der Waals surface area contributed by atoms with Crippen LogP contribution in [-0.4, -0.2) is 40.4 Å². The van der Waals surface area contributed by atoms with Gasteiger partial charge in [0.15, 0.2) is 0 Å². The summed E-state index contributed by atoms with van der Waals surface area (Å²) < 4.78 is 34.1. The van der Waals surface area contributed by atoms with Crippen LogP contribution in [0.1, 0.15) is 0 Å². The minimum atomic E-state index is -5.17. The molecule has 0 atom stereocenters. The Hall–Kier alpha value is 1.40. The third kappa shape index (κ3) is 262. The van der Waals surface area contributed by atoms with Crippen molar-refractivity contribution in [2.45, 2.75) is 0 Å². The Morgan fingerprint density at radius 3 is 1.11 bits per heavy atom. The first-order chi connectivity index (χ1) is 2.00. The van der Waals surface area contributed by atoms with Crippen LogP contribution in [0.5, 0.6) is 0 Å². The smallest absolute Gasteiger partial charge is 0.870 e. The maximum absolute atomic E-state index is 8.52. The number of rotatable bonds is 0. The summed E-state index contributed by atoms with van der Waals surface area (Å²) in [6.45, 7) is 0. The Balaban J connectivity index is -0.0000000133. The Bertz CT molecular complexity index is 100. The standard InChI is InChI=1S/Al.Cu.Fe.H2O4S.H2O/c;;;1-5(2,3)4;/h;;;(H2,1,2,3,4);1H2/q+3;2*+2;;/p-3. The van der Waals surface area contributed by atoms with Gasteiger partial charge in [0.1, 0.15) is 0 Å². The first-order valence-corrected chi connectivity index (χ1v) is 2.00. The second-order valence-electron chi connectivity index (χ2n) is 0.408. The molecule has 0 spiro atoms. The zero-order valence-corrected chi connectivity index (χ0v) is 7.74. The van der Waals surface area contributed by atoms with E-state index in [-0.39, 0.29) is 57.0 Å². The average molecular weight is 259 g/mol. The van der Waals surface area contributed by atoms with Gasteiger partial charge in [0.2, 0.25) is 0 Å². The largest absolute Gasteiger partial charge is 3.00 e. The summed E-state index contributed by atoms with van der Waals surface area (Å²) in [6.07, 6.45) is 0. The van der Waals surface area contributed by atoms with Crippen LogP contribution in [0.4, 0.5) is 0 Å². The van der Waals surface area contributed by atoms with E-state index >= 15 is 0 Å². The Morgan fingerprint density at radius 1 is 1.11 bits per heavy atom. The van der Waals surface area contributed by atoms with Crippen molar-refractivity contribution in [3.63, 3.8) is 0 Å². The zero-order valence-electron chi connectivity index (χ0n) is 3.72. The van der Waals surface area contributed by atoms with E-state index < -0.39 is 10.4 Å². The molecule has 0 saturated heterocycles. The van der Waals surface area contributed by atoms with Crippen molar-refractivity contribution in [2.24, 2.45) is 0 Å². The molecular weight excluding hydrogens is 258 g/mol. The third-order valence-electron chi connectivity index (χ3n) is 0. The molecule has 0 amide bonds. The second kappa shape index (κ2) is 12.1. The monoisotopic (exact) mass is 259 g/mol. The van der Waals surface area contributed by atoms with Gasteiger partial charge in [-0.1, -0.05) is 0 Å². The molecule has 55 valence electrons. The van der Waals surface area contributed by atoms with Crippen LogP contribution >= 0.6 is 0 Å². The van der Waals surface area contributed by atoms with E-state index in [4.69, 9.17) is 17.5 Å². The van der Waals surface area contributed by atoms with E-state index in [1.807, 2.05) is 0 Å². The van der Waals surface area contributed by atoms with Crippen LogP contribution in [0.2, 0.25) is 0 Å². The molecule has 0 fully saturated rings. The predicted molar refractivity (Wildman–Crippen MR) is 18.2 cm³/mol. The van der Waals surface area contributed by atoms with E-state index in [1.165, 1.54) is 0 Å². The summed E-state index contributed by atoms with van der Waals surface area (Å²) >= 11 is 0. The molecule has 0 saturated carbocycles. The molecular formula is HAlCuFeO5S+4. The summed E-state index contributed by atoms with van der Waals surface area (Å²) in [6, 6.07) is 0. The van der Waals surface area contributed by atoms with E-state index in [9.17, 15) is 0 Å². The average Bonchev–Trinajstić information content (AvgIpc) is 0.722. The Kier molecular flexibility index (Phi) is 42.4. The van der Waals surface area contributed by atoms with Crippen molar-refractivity contribution < 1.29 is 57.1 Å².